The third kappa shape index (κ3) is 4.33. The summed E-state index contributed by atoms with van der Waals surface area (Å²) in [6.07, 6.45) is 1.55. The lowest BCUT2D eigenvalue weighted by Crippen LogP contribution is -2.24. The zero-order valence-electron chi connectivity index (χ0n) is 15.7. The zero-order valence-corrected chi connectivity index (χ0v) is 17.3. The molecule has 0 atom stereocenters. The monoisotopic (exact) mass is 403 g/mol. The van der Waals surface area contributed by atoms with Crippen molar-refractivity contribution in [2.75, 3.05) is 20.0 Å². The van der Waals surface area contributed by atoms with Crippen molar-refractivity contribution in [1.82, 2.24) is 15.3 Å². The molecule has 8 heteroatoms. The minimum Gasteiger partial charge on any atom is -0.497 e. The summed E-state index contributed by atoms with van der Waals surface area (Å²) >= 11 is 3.08. The van der Waals surface area contributed by atoms with Gasteiger partial charge in [0, 0.05) is 22.4 Å². The Balaban J connectivity index is 1.64. The number of benzene rings is 1. The van der Waals surface area contributed by atoms with Gasteiger partial charge in [0.05, 0.1) is 20.0 Å². The Kier molecular flexibility index (Phi) is 6.18. The molecule has 0 aliphatic rings. The number of thioether (sulfide) groups is 1. The van der Waals surface area contributed by atoms with E-state index in [2.05, 4.69) is 29.1 Å². The predicted octanol–water partition coefficient (Wildman–Crippen LogP) is 3.73. The van der Waals surface area contributed by atoms with E-state index in [0.717, 1.165) is 26.6 Å². The molecule has 0 bridgehead atoms. The second-order valence-corrected chi connectivity index (χ2v) is 8.05. The van der Waals surface area contributed by atoms with Crippen molar-refractivity contribution in [3.63, 3.8) is 0 Å². The first-order chi connectivity index (χ1) is 13.0. The number of hydrogen-bond acceptors (Lipinski definition) is 7. The molecule has 1 N–H and O–H groups in total. The van der Waals surface area contributed by atoms with Gasteiger partial charge in [-0.1, -0.05) is 11.8 Å². The van der Waals surface area contributed by atoms with Crippen LogP contribution in [0, 0.1) is 13.8 Å². The summed E-state index contributed by atoms with van der Waals surface area (Å²) < 4.78 is 10.6. The maximum Gasteiger partial charge on any atom is 0.230 e. The van der Waals surface area contributed by atoms with Crippen LogP contribution in [0.5, 0.6) is 11.5 Å². The average Bonchev–Trinajstić information content (AvgIpc) is 2.98. The molecule has 3 rings (SSSR count). The van der Waals surface area contributed by atoms with E-state index >= 15 is 0 Å². The first-order valence-electron chi connectivity index (χ1n) is 8.34. The molecule has 0 unspecified atom stereocenters. The van der Waals surface area contributed by atoms with E-state index in [4.69, 9.17) is 9.47 Å². The summed E-state index contributed by atoms with van der Waals surface area (Å²) in [6, 6.07) is 5.51. The lowest BCUT2D eigenvalue weighted by molar-refractivity contribution is -0.118. The van der Waals surface area contributed by atoms with Gasteiger partial charge in [0.15, 0.2) is 0 Å². The third-order valence-corrected chi connectivity index (χ3v) is 6.34. The number of hydrogen-bond donors (Lipinski definition) is 1. The predicted molar refractivity (Wildman–Crippen MR) is 109 cm³/mol. The number of fused-ring (bicyclic) bond motifs is 1. The minimum absolute atomic E-state index is 0.0683. The van der Waals surface area contributed by atoms with Gasteiger partial charge < -0.3 is 14.8 Å². The van der Waals surface area contributed by atoms with Gasteiger partial charge in [-0.25, -0.2) is 9.97 Å². The van der Waals surface area contributed by atoms with Crippen LogP contribution in [0.25, 0.3) is 10.2 Å². The highest BCUT2D eigenvalue weighted by molar-refractivity contribution is 8.00. The summed E-state index contributed by atoms with van der Waals surface area (Å²) in [5, 5.41) is 4.82. The molecule has 0 aliphatic carbocycles. The molecule has 1 amide bonds. The molecule has 3 aromatic rings. The number of nitrogens with zero attached hydrogens (tertiary/aromatic N) is 2. The smallest absolute Gasteiger partial charge is 0.230 e. The fourth-order valence-corrected chi connectivity index (χ4v) is 4.61. The summed E-state index contributed by atoms with van der Waals surface area (Å²) in [5.74, 6) is 1.65. The Morgan fingerprint density at radius 3 is 2.78 bits per heavy atom. The highest BCUT2D eigenvalue weighted by Gasteiger charge is 2.14. The van der Waals surface area contributed by atoms with E-state index in [1.807, 2.05) is 18.2 Å². The molecule has 0 saturated carbocycles. The minimum atomic E-state index is -0.0683. The zero-order chi connectivity index (χ0) is 19.4. The van der Waals surface area contributed by atoms with Crippen molar-refractivity contribution < 1.29 is 14.3 Å². The van der Waals surface area contributed by atoms with Crippen LogP contribution in [-0.4, -0.2) is 35.8 Å². The highest BCUT2D eigenvalue weighted by Crippen LogP contribution is 2.34. The fraction of sp³-hybridized carbons (Fsp3) is 0.316. The molecule has 0 radical (unpaired) electrons. The van der Waals surface area contributed by atoms with Crippen molar-refractivity contribution in [2.24, 2.45) is 0 Å². The number of amides is 1. The van der Waals surface area contributed by atoms with E-state index in [1.54, 1.807) is 31.9 Å². The van der Waals surface area contributed by atoms with Crippen LogP contribution in [0.1, 0.15) is 16.0 Å². The van der Waals surface area contributed by atoms with Gasteiger partial charge in [0.2, 0.25) is 5.91 Å². The van der Waals surface area contributed by atoms with Crippen molar-refractivity contribution in [2.45, 2.75) is 25.4 Å². The second-order valence-electron chi connectivity index (χ2n) is 5.89. The van der Waals surface area contributed by atoms with E-state index in [1.165, 1.54) is 22.2 Å². The van der Waals surface area contributed by atoms with Gasteiger partial charge >= 0.3 is 0 Å². The van der Waals surface area contributed by atoms with Gasteiger partial charge in [-0.3, -0.25) is 4.79 Å². The topological polar surface area (TPSA) is 73.3 Å². The average molecular weight is 404 g/mol. The number of carbonyl (C=O) groups excluding carboxylic acids is 1. The molecule has 142 valence electrons. The Bertz CT molecular complexity index is 972. The number of thiophene rings is 1. The van der Waals surface area contributed by atoms with E-state index in [-0.39, 0.29) is 11.7 Å². The maximum atomic E-state index is 12.3. The standard InChI is InChI=1S/C19H21N3O3S2/c1-11-12(2)27-19-17(11)18(21-10-22-19)26-9-16(23)20-8-13-7-14(24-3)5-6-15(13)25-4/h5-7,10H,8-9H2,1-4H3,(H,20,23). The van der Waals surface area contributed by atoms with E-state index < -0.39 is 0 Å². The van der Waals surface area contributed by atoms with Crippen molar-refractivity contribution in [3.8, 4) is 11.5 Å². The first kappa shape index (κ1) is 19.4. The molecule has 0 saturated heterocycles. The Morgan fingerprint density at radius 1 is 1.22 bits per heavy atom. The summed E-state index contributed by atoms with van der Waals surface area (Å²) in [6.45, 7) is 4.51. The van der Waals surface area contributed by atoms with Crippen molar-refractivity contribution >= 4 is 39.2 Å². The van der Waals surface area contributed by atoms with Crippen LogP contribution in [-0.2, 0) is 11.3 Å². The van der Waals surface area contributed by atoms with Gasteiger partial charge in [-0.15, -0.1) is 11.3 Å². The molecule has 0 aliphatic heterocycles. The van der Waals surface area contributed by atoms with Crippen LogP contribution in [0.15, 0.2) is 29.6 Å². The van der Waals surface area contributed by atoms with Crippen LogP contribution in [0.4, 0.5) is 0 Å². The number of methoxy groups -OCH3 is 2. The van der Waals surface area contributed by atoms with Crippen LogP contribution in [0.2, 0.25) is 0 Å². The van der Waals surface area contributed by atoms with Crippen LogP contribution in [0.3, 0.4) is 0 Å². The Labute approximate surface area is 166 Å². The van der Waals surface area contributed by atoms with Crippen molar-refractivity contribution in [3.05, 3.63) is 40.5 Å². The largest absolute Gasteiger partial charge is 0.497 e. The van der Waals surface area contributed by atoms with Gasteiger partial charge in [-0.2, -0.15) is 0 Å². The molecule has 0 fully saturated rings. The molecule has 6 nitrogen and oxygen atoms in total. The third-order valence-electron chi connectivity index (χ3n) is 4.23. The van der Waals surface area contributed by atoms with Crippen LogP contribution >= 0.6 is 23.1 Å². The quantitative estimate of drug-likeness (QED) is 0.479. The summed E-state index contributed by atoms with van der Waals surface area (Å²) in [7, 11) is 3.21. The Morgan fingerprint density at radius 2 is 2.04 bits per heavy atom. The molecule has 27 heavy (non-hydrogen) atoms. The number of nitrogens with one attached hydrogen (secondary N) is 1. The maximum absolute atomic E-state index is 12.3. The number of aromatic nitrogens is 2. The normalized spacial score (nSPS) is 10.8. The van der Waals surface area contributed by atoms with Gasteiger partial charge in [0.25, 0.3) is 0 Å². The lowest BCUT2D eigenvalue weighted by atomic mass is 10.2. The molecular weight excluding hydrogens is 382 g/mol. The van der Waals surface area contributed by atoms with Gasteiger partial charge in [-0.05, 0) is 37.6 Å². The molecule has 1 aromatic carbocycles. The molecular formula is C19H21N3O3S2. The SMILES string of the molecule is COc1ccc(OC)c(CNC(=O)CSc2ncnc3sc(C)c(C)c23)c1. The summed E-state index contributed by atoms with van der Waals surface area (Å²) in [4.78, 5) is 23.2. The van der Waals surface area contributed by atoms with Gasteiger partial charge in [0.1, 0.15) is 27.7 Å². The molecule has 2 heterocycles. The number of carbonyl (C=O) groups is 1. The highest BCUT2D eigenvalue weighted by atomic mass is 32.2. The van der Waals surface area contributed by atoms with E-state index in [0.29, 0.717) is 12.3 Å². The number of ether oxygens (including phenoxy) is 2. The lowest BCUT2D eigenvalue weighted by Gasteiger charge is -2.11. The fourth-order valence-electron chi connectivity index (χ4n) is 2.66. The number of rotatable bonds is 7. The summed E-state index contributed by atoms with van der Waals surface area (Å²) in [5.41, 5.74) is 2.04. The number of aryl methyl sites for hydroxylation is 2. The molecule has 0 spiro atoms. The first-order valence-corrected chi connectivity index (χ1v) is 10.1. The molecule has 2 aromatic heterocycles. The van der Waals surface area contributed by atoms with Crippen molar-refractivity contribution in [1.29, 1.82) is 0 Å². The Hall–Kier alpha value is -2.32. The second kappa shape index (κ2) is 8.58. The van der Waals surface area contributed by atoms with Crippen LogP contribution < -0.4 is 14.8 Å². The van der Waals surface area contributed by atoms with E-state index in [9.17, 15) is 4.79 Å².